The van der Waals surface area contributed by atoms with Crippen LogP contribution in [0.3, 0.4) is 0 Å². The highest BCUT2D eigenvalue weighted by Crippen LogP contribution is 2.26. The van der Waals surface area contributed by atoms with E-state index in [1.165, 1.54) is 12.8 Å². The molecule has 1 aliphatic carbocycles. The van der Waals surface area contributed by atoms with Crippen molar-refractivity contribution in [2.45, 2.75) is 49.8 Å². The molecule has 2 atom stereocenters. The van der Waals surface area contributed by atoms with Gasteiger partial charge in [0.05, 0.1) is 0 Å². The van der Waals surface area contributed by atoms with E-state index in [9.17, 15) is 9.59 Å². The number of urea groups is 1. The number of hydrogen-bond acceptors (Lipinski definition) is 3. The first-order chi connectivity index (χ1) is 8.63. The third kappa shape index (κ3) is 5.62. The van der Waals surface area contributed by atoms with Crippen molar-refractivity contribution in [3.8, 4) is 0 Å². The fourth-order valence-electron chi connectivity index (χ4n) is 2.21. The molecule has 1 fully saturated rings. The molecule has 0 bridgehead atoms. The maximum Gasteiger partial charge on any atom is 0.315 e. The summed E-state index contributed by atoms with van der Waals surface area (Å²) in [6.07, 6.45) is 7.25. The maximum absolute atomic E-state index is 11.6. The molecular weight excluding hydrogens is 252 g/mol. The van der Waals surface area contributed by atoms with Crippen LogP contribution in [0, 0.1) is 0 Å². The van der Waals surface area contributed by atoms with E-state index in [-0.39, 0.29) is 18.5 Å². The molecule has 2 unspecified atom stereocenters. The van der Waals surface area contributed by atoms with E-state index in [0.29, 0.717) is 18.2 Å². The van der Waals surface area contributed by atoms with Gasteiger partial charge in [-0.05, 0) is 25.5 Å². The maximum atomic E-state index is 11.6. The van der Waals surface area contributed by atoms with E-state index in [1.54, 1.807) is 0 Å². The highest BCUT2D eigenvalue weighted by atomic mass is 32.2. The number of carboxylic acid groups (broad SMARTS) is 1. The first-order valence-corrected chi connectivity index (χ1v) is 7.71. The number of aliphatic carboxylic acids is 1. The van der Waals surface area contributed by atoms with Crippen LogP contribution in [-0.4, -0.2) is 41.2 Å². The van der Waals surface area contributed by atoms with Gasteiger partial charge in [0.1, 0.15) is 0 Å². The van der Waals surface area contributed by atoms with E-state index < -0.39 is 5.97 Å². The predicted octanol–water partition coefficient (Wildman–Crippen LogP) is 1.82. The van der Waals surface area contributed by atoms with Crippen molar-refractivity contribution in [3.63, 3.8) is 0 Å². The van der Waals surface area contributed by atoms with E-state index in [2.05, 4.69) is 16.9 Å². The van der Waals surface area contributed by atoms with Crippen molar-refractivity contribution in [3.05, 3.63) is 0 Å². The Hall–Kier alpha value is -0.910. The molecule has 0 aromatic rings. The zero-order chi connectivity index (χ0) is 13.4. The zero-order valence-electron chi connectivity index (χ0n) is 10.8. The van der Waals surface area contributed by atoms with Gasteiger partial charge in [0.2, 0.25) is 0 Å². The van der Waals surface area contributed by atoms with Crippen LogP contribution < -0.4 is 10.6 Å². The third-order valence-corrected chi connectivity index (χ3v) is 4.34. The van der Waals surface area contributed by atoms with Crippen molar-refractivity contribution in [1.29, 1.82) is 0 Å². The number of thioether (sulfide) groups is 1. The molecule has 0 saturated heterocycles. The summed E-state index contributed by atoms with van der Waals surface area (Å²) in [6.45, 7) is 0.411. The van der Waals surface area contributed by atoms with Crippen LogP contribution in [0.4, 0.5) is 4.79 Å². The smallest absolute Gasteiger partial charge is 0.315 e. The highest BCUT2D eigenvalue weighted by Gasteiger charge is 2.25. The number of nitrogens with one attached hydrogen (secondary N) is 2. The molecule has 0 radical (unpaired) electrons. The molecule has 0 aromatic carbocycles. The lowest BCUT2D eigenvalue weighted by molar-refractivity contribution is -0.137. The number of rotatable bonds is 6. The normalized spacial score (nSPS) is 23.4. The second kappa shape index (κ2) is 8.24. The van der Waals surface area contributed by atoms with Crippen LogP contribution in [0.15, 0.2) is 0 Å². The van der Waals surface area contributed by atoms with Gasteiger partial charge in [0, 0.05) is 24.3 Å². The molecule has 1 rings (SSSR count). The molecule has 0 aliphatic heterocycles. The summed E-state index contributed by atoms with van der Waals surface area (Å²) in [7, 11) is 0. The Morgan fingerprint density at radius 3 is 2.72 bits per heavy atom. The molecule has 6 heteroatoms. The molecule has 5 nitrogen and oxygen atoms in total. The summed E-state index contributed by atoms with van der Waals surface area (Å²) in [6, 6.07) is 0.0690. The topological polar surface area (TPSA) is 78.4 Å². The van der Waals surface area contributed by atoms with E-state index >= 15 is 0 Å². The summed E-state index contributed by atoms with van der Waals surface area (Å²) in [5.41, 5.74) is 0. The standard InChI is InChI=1S/C12H22N2O3S/c1-18-10-6-3-2-5-9(10)14-12(17)13-8-4-7-11(15)16/h9-10H,2-8H2,1H3,(H,15,16)(H2,13,14,17). The molecule has 0 spiro atoms. The molecule has 104 valence electrons. The monoisotopic (exact) mass is 274 g/mol. The van der Waals surface area contributed by atoms with Gasteiger partial charge >= 0.3 is 12.0 Å². The van der Waals surface area contributed by atoms with Gasteiger partial charge < -0.3 is 15.7 Å². The first kappa shape index (κ1) is 15.1. The van der Waals surface area contributed by atoms with Gasteiger partial charge in [-0.3, -0.25) is 4.79 Å². The largest absolute Gasteiger partial charge is 0.481 e. The molecule has 1 saturated carbocycles. The van der Waals surface area contributed by atoms with Crippen molar-refractivity contribution >= 4 is 23.8 Å². The van der Waals surface area contributed by atoms with Crippen LogP contribution in [0.1, 0.15) is 38.5 Å². The van der Waals surface area contributed by atoms with Crippen LogP contribution in [0.25, 0.3) is 0 Å². The van der Waals surface area contributed by atoms with Crippen LogP contribution >= 0.6 is 11.8 Å². The van der Waals surface area contributed by atoms with E-state index in [1.807, 2.05) is 11.8 Å². The Morgan fingerprint density at radius 1 is 1.33 bits per heavy atom. The molecule has 2 amide bonds. The summed E-state index contributed by atoms with van der Waals surface area (Å²) in [4.78, 5) is 22.0. The Balaban J connectivity index is 2.19. The lowest BCUT2D eigenvalue weighted by Gasteiger charge is -2.30. The average Bonchev–Trinajstić information content (AvgIpc) is 2.35. The second-order valence-corrected chi connectivity index (χ2v) is 5.64. The van der Waals surface area contributed by atoms with Gasteiger partial charge in [-0.1, -0.05) is 12.8 Å². The predicted molar refractivity (Wildman–Crippen MR) is 73.0 cm³/mol. The van der Waals surface area contributed by atoms with E-state index in [4.69, 9.17) is 5.11 Å². The summed E-state index contributed by atoms with van der Waals surface area (Å²) >= 11 is 1.81. The lowest BCUT2D eigenvalue weighted by Crippen LogP contribution is -2.48. The minimum absolute atomic E-state index is 0.0944. The summed E-state index contributed by atoms with van der Waals surface area (Å²) < 4.78 is 0. The summed E-state index contributed by atoms with van der Waals surface area (Å²) in [5.74, 6) is -0.827. The lowest BCUT2D eigenvalue weighted by atomic mass is 9.95. The van der Waals surface area contributed by atoms with Gasteiger partial charge in [-0.2, -0.15) is 11.8 Å². The van der Waals surface area contributed by atoms with Crippen molar-refractivity contribution < 1.29 is 14.7 Å². The Kier molecular flexibility index (Phi) is 6.93. The third-order valence-electron chi connectivity index (χ3n) is 3.17. The Labute approximate surface area is 112 Å². The number of hydrogen-bond donors (Lipinski definition) is 3. The molecule has 1 aliphatic rings. The SMILES string of the molecule is CSC1CCCCC1NC(=O)NCCCC(=O)O. The Morgan fingerprint density at radius 2 is 2.06 bits per heavy atom. The fourth-order valence-corrected chi connectivity index (χ4v) is 3.14. The van der Waals surface area contributed by atoms with Crippen LogP contribution in [0.5, 0.6) is 0 Å². The quantitative estimate of drug-likeness (QED) is 0.646. The van der Waals surface area contributed by atoms with Gasteiger partial charge in [0.15, 0.2) is 0 Å². The van der Waals surface area contributed by atoms with Crippen molar-refractivity contribution in [2.24, 2.45) is 0 Å². The van der Waals surface area contributed by atoms with Gasteiger partial charge in [0.25, 0.3) is 0 Å². The molecule has 18 heavy (non-hydrogen) atoms. The minimum Gasteiger partial charge on any atom is -0.481 e. The second-order valence-electron chi connectivity index (χ2n) is 4.56. The molecule has 3 N–H and O–H groups in total. The summed E-state index contributed by atoms with van der Waals surface area (Å²) in [5, 5.41) is 14.7. The molecule has 0 heterocycles. The number of amides is 2. The molecule has 0 aromatic heterocycles. The zero-order valence-corrected chi connectivity index (χ0v) is 11.6. The van der Waals surface area contributed by atoms with Gasteiger partial charge in [-0.25, -0.2) is 4.79 Å². The van der Waals surface area contributed by atoms with E-state index in [0.717, 1.165) is 12.8 Å². The molecular formula is C12H22N2O3S. The minimum atomic E-state index is -0.827. The first-order valence-electron chi connectivity index (χ1n) is 6.42. The number of carboxylic acids is 1. The highest BCUT2D eigenvalue weighted by molar-refractivity contribution is 7.99. The van der Waals surface area contributed by atoms with Crippen LogP contribution in [0.2, 0.25) is 0 Å². The van der Waals surface area contributed by atoms with Gasteiger partial charge in [-0.15, -0.1) is 0 Å². The average molecular weight is 274 g/mol. The Bertz CT molecular complexity index is 286. The number of carbonyl (C=O) groups is 2. The van der Waals surface area contributed by atoms with Crippen molar-refractivity contribution in [1.82, 2.24) is 10.6 Å². The van der Waals surface area contributed by atoms with Crippen LogP contribution in [-0.2, 0) is 4.79 Å². The number of carbonyl (C=O) groups excluding carboxylic acids is 1. The fraction of sp³-hybridized carbons (Fsp3) is 0.833. The van der Waals surface area contributed by atoms with Crippen molar-refractivity contribution in [2.75, 3.05) is 12.8 Å².